The molecule has 0 N–H and O–H groups in total. The Balaban J connectivity index is 3.16. The van der Waals surface area contributed by atoms with Crippen molar-refractivity contribution in [2.24, 2.45) is 0 Å². The van der Waals surface area contributed by atoms with Gasteiger partial charge in [0.2, 0.25) is 0 Å². The van der Waals surface area contributed by atoms with E-state index < -0.39 is 0 Å². The number of hydrogen-bond acceptors (Lipinski definition) is 1. The van der Waals surface area contributed by atoms with Gasteiger partial charge in [-0.25, -0.2) is 0 Å². The van der Waals surface area contributed by atoms with Crippen LogP contribution in [0.1, 0.15) is 50.3 Å². The van der Waals surface area contributed by atoms with Crippen molar-refractivity contribution in [2.45, 2.75) is 47.0 Å². The molecule has 0 aliphatic heterocycles. The number of hydrogen-bond donors (Lipinski definition) is 0. The highest BCUT2D eigenvalue weighted by atomic mass is 16.5. The Hall–Kier alpha value is -0.980. The Kier molecular flexibility index (Phi) is 4.19. The van der Waals surface area contributed by atoms with Crippen LogP contribution in [0.15, 0.2) is 12.1 Å². The van der Waals surface area contributed by atoms with Crippen LogP contribution in [-0.2, 0) is 6.42 Å². The monoisotopic (exact) mass is 206 g/mol. The van der Waals surface area contributed by atoms with Crippen LogP contribution in [-0.4, -0.2) is 6.61 Å². The first kappa shape index (κ1) is 12.1. The average Bonchev–Trinajstić information content (AvgIpc) is 2.20. The molecule has 0 fully saturated rings. The minimum atomic E-state index is 0.592. The third-order valence-corrected chi connectivity index (χ3v) is 2.74. The zero-order valence-electron chi connectivity index (χ0n) is 10.6. The van der Waals surface area contributed by atoms with Crippen molar-refractivity contribution < 1.29 is 4.74 Å². The second kappa shape index (κ2) is 5.20. The molecule has 1 nitrogen and oxygen atoms in total. The van der Waals surface area contributed by atoms with Gasteiger partial charge in [0.1, 0.15) is 5.75 Å². The molecule has 0 radical (unpaired) electrons. The summed E-state index contributed by atoms with van der Waals surface area (Å²) < 4.78 is 5.61. The van der Waals surface area contributed by atoms with Crippen LogP contribution < -0.4 is 4.74 Å². The summed E-state index contributed by atoms with van der Waals surface area (Å²) in [7, 11) is 0. The molecule has 0 saturated carbocycles. The molecule has 0 aromatic heterocycles. The molecule has 0 aliphatic carbocycles. The van der Waals surface area contributed by atoms with Crippen LogP contribution in [0.2, 0.25) is 0 Å². The van der Waals surface area contributed by atoms with Gasteiger partial charge < -0.3 is 4.74 Å². The molecule has 0 spiro atoms. The quantitative estimate of drug-likeness (QED) is 0.721. The largest absolute Gasteiger partial charge is 0.494 e. The van der Waals surface area contributed by atoms with Crippen molar-refractivity contribution in [3.8, 4) is 5.75 Å². The van der Waals surface area contributed by atoms with E-state index in [0.717, 1.165) is 18.8 Å². The summed E-state index contributed by atoms with van der Waals surface area (Å²) in [5.41, 5.74) is 4.12. The van der Waals surface area contributed by atoms with Crippen molar-refractivity contribution in [2.75, 3.05) is 6.61 Å². The van der Waals surface area contributed by atoms with Gasteiger partial charge in [-0.15, -0.1) is 0 Å². The molecule has 1 aromatic rings. The lowest BCUT2D eigenvalue weighted by atomic mass is 9.93. The van der Waals surface area contributed by atoms with Gasteiger partial charge in [-0.3, -0.25) is 0 Å². The normalized spacial score (nSPS) is 10.8. The van der Waals surface area contributed by atoms with Gasteiger partial charge in [0.05, 0.1) is 6.61 Å². The standard InChI is InChI=1S/C14H22O/c1-6-12-9-14(15-7-2)11(5)8-13(12)10(3)4/h8-10H,6-7H2,1-5H3. The Bertz CT molecular complexity index is 326. The highest BCUT2D eigenvalue weighted by molar-refractivity contribution is 5.43. The van der Waals surface area contributed by atoms with Gasteiger partial charge in [-0.1, -0.05) is 26.8 Å². The van der Waals surface area contributed by atoms with Crippen LogP contribution in [0, 0.1) is 6.92 Å². The van der Waals surface area contributed by atoms with Gasteiger partial charge >= 0.3 is 0 Å². The van der Waals surface area contributed by atoms with Crippen LogP contribution in [0.4, 0.5) is 0 Å². The van der Waals surface area contributed by atoms with Gasteiger partial charge in [0, 0.05) is 0 Å². The Morgan fingerprint density at radius 2 is 1.87 bits per heavy atom. The van der Waals surface area contributed by atoms with Crippen LogP contribution >= 0.6 is 0 Å². The highest BCUT2D eigenvalue weighted by Gasteiger charge is 2.09. The number of aryl methyl sites for hydroxylation is 2. The van der Waals surface area contributed by atoms with Crippen molar-refractivity contribution in [3.63, 3.8) is 0 Å². The molecule has 15 heavy (non-hydrogen) atoms. The SMILES string of the molecule is CCOc1cc(CC)c(C(C)C)cc1C. The fraction of sp³-hybridized carbons (Fsp3) is 0.571. The van der Waals surface area contributed by atoms with Crippen LogP contribution in [0.3, 0.4) is 0 Å². The minimum Gasteiger partial charge on any atom is -0.494 e. The van der Waals surface area contributed by atoms with E-state index in [2.05, 4.69) is 39.8 Å². The second-order valence-corrected chi connectivity index (χ2v) is 4.26. The van der Waals surface area contributed by atoms with Crippen molar-refractivity contribution >= 4 is 0 Å². The molecule has 0 saturated heterocycles. The molecule has 1 rings (SSSR count). The third-order valence-electron chi connectivity index (χ3n) is 2.74. The summed E-state index contributed by atoms with van der Waals surface area (Å²) in [6.45, 7) is 11.6. The summed E-state index contributed by atoms with van der Waals surface area (Å²) in [5, 5.41) is 0. The first-order valence-corrected chi connectivity index (χ1v) is 5.86. The van der Waals surface area contributed by atoms with Gasteiger partial charge in [-0.2, -0.15) is 0 Å². The zero-order valence-corrected chi connectivity index (χ0v) is 10.6. The van der Waals surface area contributed by atoms with E-state index in [4.69, 9.17) is 4.74 Å². The van der Waals surface area contributed by atoms with Crippen LogP contribution in [0.25, 0.3) is 0 Å². The second-order valence-electron chi connectivity index (χ2n) is 4.26. The van der Waals surface area contributed by atoms with E-state index in [1.54, 1.807) is 0 Å². The van der Waals surface area contributed by atoms with E-state index in [1.807, 2.05) is 6.92 Å². The summed E-state index contributed by atoms with van der Waals surface area (Å²) in [5.74, 6) is 1.63. The molecule has 0 bridgehead atoms. The Morgan fingerprint density at radius 3 is 2.33 bits per heavy atom. The Morgan fingerprint density at radius 1 is 1.20 bits per heavy atom. The molecule has 0 aliphatic rings. The molecule has 84 valence electrons. The van der Waals surface area contributed by atoms with Crippen molar-refractivity contribution in [1.29, 1.82) is 0 Å². The predicted octanol–water partition coefficient (Wildman–Crippen LogP) is 4.08. The van der Waals surface area contributed by atoms with E-state index in [-0.39, 0.29) is 0 Å². The van der Waals surface area contributed by atoms with Gasteiger partial charge in [0.25, 0.3) is 0 Å². The van der Waals surface area contributed by atoms with E-state index in [9.17, 15) is 0 Å². The molecular weight excluding hydrogens is 184 g/mol. The maximum atomic E-state index is 5.61. The maximum Gasteiger partial charge on any atom is 0.122 e. The fourth-order valence-corrected chi connectivity index (χ4v) is 1.91. The van der Waals surface area contributed by atoms with Crippen LogP contribution in [0.5, 0.6) is 5.75 Å². The summed E-state index contributed by atoms with van der Waals surface area (Å²) >= 11 is 0. The average molecular weight is 206 g/mol. The topological polar surface area (TPSA) is 9.23 Å². The van der Waals surface area contributed by atoms with E-state index in [1.165, 1.54) is 16.7 Å². The minimum absolute atomic E-state index is 0.592. The fourth-order valence-electron chi connectivity index (χ4n) is 1.91. The maximum absolute atomic E-state index is 5.61. The first-order chi connectivity index (χ1) is 7.10. The smallest absolute Gasteiger partial charge is 0.122 e. The predicted molar refractivity (Wildman–Crippen MR) is 65.8 cm³/mol. The van der Waals surface area contributed by atoms with Crippen molar-refractivity contribution in [1.82, 2.24) is 0 Å². The number of ether oxygens (including phenoxy) is 1. The molecule has 0 atom stereocenters. The number of rotatable bonds is 4. The number of benzene rings is 1. The zero-order chi connectivity index (χ0) is 11.4. The van der Waals surface area contributed by atoms with Gasteiger partial charge in [-0.05, 0) is 48.9 Å². The van der Waals surface area contributed by atoms with E-state index in [0.29, 0.717) is 5.92 Å². The summed E-state index contributed by atoms with van der Waals surface area (Å²) in [4.78, 5) is 0. The lowest BCUT2D eigenvalue weighted by molar-refractivity contribution is 0.337. The molecular formula is C14H22O. The lowest BCUT2D eigenvalue weighted by Gasteiger charge is -2.16. The Labute approximate surface area is 93.5 Å². The van der Waals surface area contributed by atoms with Gasteiger partial charge in [0.15, 0.2) is 0 Å². The third kappa shape index (κ3) is 2.74. The summed E-state index contributed by atoms with van der Waals surface area (Å²) in [6.07, 6.45) is 1.08. The summed E-state index contributed by atoms with van der Waals surface area (Å²) in [6, 6.07) is 4.47. The molecule has 1 heteroatoms. The highest BCUT2D eigenvalue weighted by Crippen LogP contribution is 2.28. The molecule has 1 aromatic carbocycles. The van der Waals surface area contributed by atoms with E-state index >= 15 is 0 Å². The van der Waals surface area contributed by atoms with Crippen molar-refractivity contribution in [3.05, 3.63) is 28.8 Å². The lowest BCUT2D eigenvalue weighted by Crippen LogP contribution is -2.00. The molecule has 0 heterocycles. The molecule has 0 unspecified atom stereocenters. The first-order valence-electron chi connectivity index (χ1n) is 5.86. The molecule has 0 amide bonds.